The van der Waals surface area contributed by atoms with Gasteiger partial charge in [0.2, 0.25) is 0 Å². The smallest absolute Gasteiger partial charge is 0.254 e. The van der Waals surface area contributed by atoms with Gasteiger partial charge in [0, 0.05) is 41.3 Å². The first-order chi connectivity index (χ1) is 19.1. The van der Waals surface area contributed by atoms with Crippen molar-refractivity contribution in [2.24, 2.45) is 0 Å². The van der Waals surface area contributed by atoms with E-state index >= 15 is 0 Å². The van der Waals surface area contributed by atoms with Crippen molar-refractivity contribution in [3.05, 3.63) is 117 Å². The van der Waals surface area contributed by atoms with Gasteiger partial charge in [0.25, 0.3) is 5.91 Å². The molecule has 2 aromatic heterocycles. The van der Waals surface area contributed by atoms with Crippen LogP contribution in [0.3, 0.4) is 0 Å². The highest BCUT2D eigenvalue weighted by Gasteiger charge is 2.26. The van der Waals surface area contributed by atoms with Gasteiger partial charge in [0.1, 0.15) is 5.82 Å². The van der Waals surface area contributed by atoms with Gasteiger partial charge in [-0.15, -0.1) is 0 Å². The number of carbonyl (C=O) groups excluding carboxylic acids is 1. The van der Waals surface area contributed by atoms with E-state index in [2.05, 4.69) is 44.5 Å². The second-order valence-electron chi connectivity index (χ2n) is 9.76. The van der Waals surface area contributed by atoms with Crippen molar-refractivity contribution in [2.45, 2.75) is 25.3 Å². The summed E-state index contributed by atoms with van der Waals surface area (Å²) in [6.07, 6.45) is 4.16. The van der Waals surface area contributed by atoms with Gasteiger partial charge in [-0.1, -0.05) is 78.3 Å². The second-order valence-corrected chi connectivity index (χ2v) is 11.0. The minimum Gasteiger partial charge on any atom is -0.367 e. The zero-order valence-electron chi connectivity index (χ0n) is 21.2. The summed E-state index contributed by atoms with van der Waals surface area (Å²) in [6, 6.07) is 28.1. The van der Waals surface area contributed by atoms with E-state index in [1.54, 1.807) is 6.20 Å². The highest BCUT2D eigenvalue weighted by atomic mass is 79.9. The number of aromatic nitrogens is 3. The molecule has 8 heteroatoms. The maximum atomic E-state index is 13.6. The molecule has 1 saturated heterocycles. The van der Waals surface area contributed by atoms with Gasteiger partial charge in [-0.25, -0.2) is 4.98 Å². The van der Waals surface area contributed by atoms with Crippen LogP contribution in [0.25, 0.3) is 16.9 Å². The number of hydrogen-bond acceptors (Lipinski definition) is 4. The predicted molar refractivity (Wildman–Crippen MR) is 159 cm³/mol. The molecule has 39 heavy (non-hydrogen) atoms. The molecule has 1 fully saturated rings. The Labute approximate surface area is 240 Å². The normalized spacial score (nSPS) is 14.1. The summed E-state index contributed by atoms with van der Waals surface area (Å²) in [7, 11) is 0. The van der Waals surface area contributed by atoms with Crippen LogP contribution in [0, 0.1) is 0 Å². The molecule has 0 unspecified atom stereocenters. The largest absolute Gasteiger partial charge is 0.367 e. The number of likely N-dealkylation sites (tertiary alicyclic amines) is 1. The lowest BCUT2D eigenvalue weighted by Crippen LogP contribution is -2.42. The third-order valence-corrected chi connectivity index (χ3v) is 8.09. The van der Waals surface area contributed by atoms with Gasteiger partial charge in [-0.05, 0) is 58.5 Å². The molecule has 6 nitrogen and oxygen atoms in total. The lowest BCUT2D eigenvalue weighted by Gasteiger charge is -2.33. The van der Waals surface area contributed by atoms with Crippen molar-refractivity contribution in [1.29, 1.82) is 0 Å². The lowest BCUT2D eigenvalue weighted by molar-refractivity contribution is 0.0717. The van der Waals surface area contributed by atoms with Gasteiger partial charge in [-0.3, -0.25) is 4.79 Å². The molecule has 0 aliphatic carbocycles. The van der Waals surface area contributed by atoms with Crippen LogP contribution >= 0.6 is 27.5 Å². The van der Waals surface area contributed by atoms with E-state index in [-0.39, 0.29) is 11.9 Å². The van der Waals surface area contributed by atoms with E-state index in [4.69, 9.17) is 16.6 Å². The van der Waals surface area contributed by atoms with Crippen molar-refractivity contribution in [3.8, 4) is 11.3 Å². The summed E-state index contributed by atoms with van der Waals surface area (Å²) in [6.45, 7) is 1.37. The Kier molecular flexibility index (Phi) is 7.35. The minimum atomic E-state index is 0.100. The number of amides is 1. The highest BCUT2D eigenvalue weighted by molar-refractivity contribution is 9.10. The molecule has 6 rings (SSSR count). The number of carbonyl (C=O) groups is 1. The molecular formula is C31H27BrClN5O. The molecule has 196 valence electrons. The molecule has 0 radical (unpaired) electrons. The Morgan fingerprint density at radius 2 is 1.69 bits per heavy atom. The van der Waals surface area contributed by atoms with Crippen LogP contribution in [0.15, 0.2) is 95.6 Å². The Balaban J connectivity index is 1.18. The number of nitrogens with zero attached hydrogens (tertiary/aromatic N) is 4. The van der Waals surface area contributed by atoms with Crippen molar-refractivity contribution < 1.29 is 4.79 Å². The lowest BCUT2D eigenvalue weighted by atomic mass is 9.97. The summed E-state index contributed by atoms with van der Waals surface area (Å²) in [5, 5.41) is 8.83. The predicted octanol–water partition coefficient (Wildman–Crippen LogP) is 7.12. The molecule has 3 heterocycles. The minimum absolute atomic E-state index is 0.100. The molecule has 0 atom stereocenters. The Morgan fingerprint density at radius 3 is 2.49 bits per heavy atom. The van der Waals surface area contributed by atoms with Crippen molar-refractivity contribution in [1.82, 2.24) is 19.5 Å². The fourth-order valence-corrected chi connectivity index (χ4v) is 5.73. The summed E-state index contributed by atoms with van der Waals surface area (Å²) in [5.74, 6) is 0.946. The average molecular weight is 601 g/mol. The first kappa shape index (κ1) is 25.6. The van der Waals surface area contributed by atoms with E-state index in [9.17, 15) is 4.79 Å². The molecule has 0 spiro atoms. The van der Waals surface area contributed by atoms with Gasteiger partial charge in [0.05, 0.1) is 16.4 Å². The SMILES string of the molecule is O=C(c1ccccc1Cc1ccccc1)N1CCC(Nc2cc(-c3ccccc3Cl)nc3c(Br)cnn23)CC1. The Bertz CT molecular complexity index is 1630. The second kappa shape index (κ2) is 11.2. The number of hydrogen-bond donors (Lipinski definition) is 1. The first-order valence-corrected chi connectivity index (χ1v) is 14.2. The summed E-state index contributed by atoms with van der Waals surface area (Å²) in [4.78, 5) is 20.3. The third-order valence-electron chi connectivity index (χ3n) is 7.20. The Morgan fingerprint density at radius 1 is 0.974 bits per heavy atom. The van der Waals surface area contributed by atoms with Crippen LogP contribution in [-0.4, -0.2) is 44.5 Å². The van der Waals surface area contributed by atoms with E-state index in [0.717, 1.165) is 57.6 Å². The van der Waals surface area contributed by atoms with Crippen LogP contribution in [0.4, 0.5) is 5.82 Å². The van der Waals surface area contributed by atoms with Crippen molar-refractivity contribution >= 4 is 44.9 Å². The molecule has 1 aliphatic heterocycles. The fraction of sp³-hybridized carbons (Fsp3) is 0.194. The van der Waals surface area contributed by atoms with Crippen LogP contribution in [-0.2, 0) is 6.42 Å². The quantitative estimate of drug-likeness (QED) is 0.225. The molecule has 1 N–H and O–H groups in total. The third kappa shape index (κ3) is 5.42. The average Bonchev–Trinajstić information content (AvgIpc) is 3.35. The molecular weight excluding hydrogens is 574 g/mol. The molecule has 5 aromatic rings. The highest BCUT2D eigenvalue weighted by Crippen LogP contribution is 2.31. The van der Waals surface area contributed by atoms with Crippen LogP contribution in [0.5, 0.6) is 0 Å². The van der Waals surface area contributed by atoms with Crippen molar-refractivity contribution in [2.75, 3.05) is 18.4 Å². The first-order valence-electron chi connectivity index (χ1n) is 13.0. The number of nitrogens with one attached hydrogen (secondary N) is 1. The molecule has 0 saturated carbocycles. The number of anilines is 1. The summed E-state index contributed by atoms with van der Waals surface area (Å²) < 4.78 is 2.62. The maximum Gasteiger partial charge on any atom is 0.254 e. The molecule has 0 bridgehead atoms. The molecule has 1 amide bonds. The van der Waals surface area contributed by atoms with E-state index in [1.165, 1.54) is 5.56 Å². The number of fused-ring (bicyclic) bond motifs is 1. The Hall–Kier alpha value is -3.68. The van der Waals surface area contributed by atoms with Crippen molar-refractivity contribution in [3.63, 3.8) is 0 Å². The van der Waals surface area contributed by atoms with Gasteiger partial charge in [0.15, 0.2) is 5.65 Å². The van der Waals surface area contributed by atoms with E-state index in [1.807, 2.05) is 76.1 Å². The van der Waals surface area contributed by atoms with E-state index in [0.29, 0.717) is 18.1 Å². The molecule has 3 aromatic carbocycles. The van der Waals surface area contributed by atoms with E-state index < -0.39 is 0 Å². The number of halogens is 2. The van der Waals surface area contributed by atoms with Gasteiger partial charge >= 0.3 is 0 Å². The zero-order valence-corrected chi connectivity index (χ0v) is 23.6. The van der Waals surface area contributed by atoms with Gasteiger partial charge < -0.3 is 10.2 Å². The standard InChI is InChI=1S/C31H27BrClN5O/c32-26-20-34-38-29(19-28(36-30(26)38)25-12-6-7-13-27(25)33)35-23-14-16-37(17-15-23)31(39)24-11-5-4-10-22(24)18-21-8-2-1-3-9-21/h1-13,19-20,23,35H,14-18H2. The number of benzene rings is 3. The van der Waals surface area contributed by atoms with Crippen LogP contribution < -0.4 is 5.32 Å². The number of rotatable bonds is 6. The monoisotopic (exact) mass is 599 g/mol. The summed E-state index contributed by atoms with van der Waals surface area (Å²) in [5.41, 5.74) is 5.41. The topological polar surface area (TPSA) is 62.5 Å². The summed E-state index contributed by atoms with van der Waals surface area (Å²) >= 11 is 10.1. The van der Waals surface area contributed by atoms with Crippen LogP contribution in [0.2, 0.25) is 5.02 Å². The zero-order chi connectivity index (χ0) is 26.8. The van der Waals surface area contributed by atoms with Crippen LogP contribution in [0.1, 0.15) is 34.3 Å². The maximum absolute atomic E-state index is 13.6. The fourth-order valence-electron chi connectivity index (χ4n) is 5.15. The molecule has 1 aliphatic rings. The number of piperidine rings is 1. The van der Waals surface area contributed by atoms with Gasteiger partial charge in [-0.2, -0.15) is 9.61 Å².